The molecule has 0 bridgehead atoms. The van der Waals surface area contributed by atoms with Crippen LogP contribution in [0.5, 0.6) is 0 Å². The van der Waals surface area contributed by atoms with Gasteiger partial charge in [0.2, 0.25) is 5.91 Å². The molecule has 1 fully saturated rings. The normalized spacial score (nSPS) is 18.5. The van der Waals surface area contributed by atoms with Crippen molar-refractivity contribution in [1.82, 2.24) is 20.3 Å². The van der Waals surface area contributed by atoms with Crippen LogP contribution in [0, 0.1) is 5.92 Å². The predicted molar refractivity (Wildman–Crippen MR) is 117 cm³/mol. The van der Waals surface area contributed by atoms with Crippen LogP contribution in [0.15, 0.2) is 54.7 Å². The van der Waals surface area contributed by atoms with Crippen LogP contribution in [0.3, 0.4) is 0 Å². The van der Waals surface area contributed by atoms with Gasteiger partial charge in [0.05, 0.1) is 12.6 Å². The average molecular weight is 402 g/mol. The van der Waals surface area contributed by atoms with E-state index in [0.29, 0.717) is 12.3 Å². The molecule has 1 amide bonds. The minimum absolute atomic E-state index is 0.250. The Bertz CT molecular complexity index is 1000. The number of anilines is 1. The molecule has 1 aromatic heterocycles. The third kappa shape index (κ3) is 3.95. The van der Waals surface area contributed by atoms with E-state index in [2.05, 4.69) is 43.4 Å². The summed E-state index contributed by atoms with van der Waals surface area (Å²) in [5.74, 6) is 0.783. The summed E-state index contributed by atoms with van der Waals surface area (Å²) in [6, 6.07) is 16.7. The lowest BCUT2D eigenvalue weighted by atomic mass is 9.97. The Morgan fingerprint density at radius 1 is 1.13 bits per heavy atom. The molecule has 1 saturated heterocycles. The van der Waals surface area contributed by atoms with Gasteiger partial charge in [-0.1, -0.05) is 36.4 Å². The number of fused-ring (bicyclic) bond motifs is 1. The summed E-state index contributed by atoms with van der Waals surface area (Å²) < 4.78 is 0. The topological polar surface area (TPSA) is 65.1 Å². The van der Waals surface area contributed by atoms with Gasteiger partial charge in [-0.15, -0.1) is 0 Å². The number of carbonyl (C=O) groups is 1. The molecule has 0 radical (unpaired) electrons. The Labute approximate surface area is 176 Å². The molecule has 3 heterocycles. The van der Waals surface area contributed by atoms with Crippen molar-refractivity contribution in [3.05, 3.63) is 65.9 Å². The highest BCUT2D eigenvalue weighted by Crippen LogP contribution is 2.32. The smallest absolute Gasteiger partial charge is 0.226 e. The molecule has 6 heteroatoms. The van der Waals surface area contributed by atoms with Gasteiger partial charge in [0.1, 0.15) is 5.69 Å². The maximum atomic E-state index is 12.7. The van der Waals surface area contributed by atoms with E-state index in [9.17, 15) is 4.79 Å². The largest absolute Gasteiger partial charge is 0.371 e. The van der Waals surface area contributed by atoms with E-state index in [1.807, 2.05) is 30.3 Å². The number of benzene rings is 2. The van der Waals surface area contributed by atoms with Gasteiger partial charge in [-0.3, -0.25) is 4.79 Å². The minimum atomic E-state index is 0.250. The van der Waals surface area contributed by atoms with Gasteiger partial charge >= 0.3 is 0 Å². The monoisotopic (exact) mass is 401 g/mol. The Hall–Kier alpha value is -3.15. The summed E-state index contributed by atoms with van der Waals surface area (Å²) in [5.41, 5.74) is 5.82. The number of hydrogen-bond donors (Lipinski definition) is 1. The SMILES string of the molecule is O=C(Cc1ccccc1)N1CCC(CN2CCCc3cc(-c4cn[nH]n4)ccc32)C1. The van der Waals surface area contributed by atoms with E-state index in [0.717, 1.165) is 55.8 Å². The summed E-state index contributed by atoms with van der Waals surface area (Å²) in [6.45, 7) is 3.85. The minimum Gasteiger partial charge on any atom is -0.371 e. The molecule has 2 aromatic carbocycles. The van der Waals surface area contributed by atoms with Crippen molar-refractivity contribution in [2.45, 2.75) is 25.7 Å². The molecule has 2 aliphatic rings. The van der Waals surface area contributed by atoms with Crippen molar-refractivity contribution in [2.75, 3.05) is 31.1 Å². The lowest BCUT2D eigenvalue weighted by molar-refractivity contribution is -0.129. The number of aromatic amines is 1. The third-order valence-corrected chi connectivity index (χ3v) is 6.32. The number of nitrogens with zero attached hydrogens (tertiary/aromatic N) is 4. The standard InChI is InChI=1S/C24H27N5O/c30-24(13-18-5-2-1-3-6-18)29-12-10-19(17-29)16-28-11-4-7-21-14-20(8-9-23(21)28)22-15-25-27-26-22/h1-3,5-6,8-9,14-15,19H,4,7,10-13,16-17H2,(H,25,26,27). The van der Waals surface area contributed by atoms with Crippen LogP contribution in [-0.2, 0) is 17.6 Å². The van der Waals surface area contributed by atoms with Crippen molar-refractivity contribution < 1.29 is 4.79 Å². The Balaban J connectivity index is 1.22. The summed E-state index contributed by atoms with van der Waals surface area (Å²) in [6.07, 6.45) is 5.62. The molecule has 6 nitrogen and oxygen atoms in total. The number of rotatable bonds is 5. The van der Waals surface area contributed by atoms with Gasteiger partial charge in [0.15, 0.2) is 0 Å². The van der Waals surface area contributed by atoms with Crippen molar-refractivity contribution in [1.29, 1.82) is 0 Å². The number of nitrogens with one attached hydrogen (secondary N) is 1. The fourth-order valence-electron chi connectivity index (χ4n) is 4.77. The maximum absolute atomic E-state index is 12.7. The molecule has 1 N–H and O–H groups in total. The van der Waals surface area contributed by atoms with E-state index in [1.165, 1.54) is 17.7 Å². The number of likely N-dealkylation sites (tertiary alicyclic amines) is 1. The predicted octanol–water partition coefficient (Wildman–Crippen LogP) is 3.32. The zero-order valence-electron chi connectivity index (χ0n) is 17.1. The fourth-order valence-corrected chi connectivity index (χ4v) is 4.77. The van der Waals surface area contributed by atoms with Gasteiger partial charge in [-0.25, -0.2) is 0 Å². The molecule has 0 aliphatic carbocycles. The Kier molecular flexibility index (Phi) is 5.22. The molecule has 0 saturated carbocycles. The van der Waals surface area contributed by atoms with E-state index in [1.54, 1.807) is 6.20 Å². The maximum Gasteiger partial charge on any atom is 0.226 e. The van der Waals surface area contributed by atoms with E-state index in [-0.39, 0.29) is 5.91 Å². The molecule has 154 valence electrons. The molecule has 2 aliphatic heterocycles. The Morgan fingerprint density at radius 2 is 2.03 bits per heavy atom. The summed E-state index contributed by atoms with van der Waals surface area (Å²) >= 11 is 0. The van der Waals surface area contributed by atoms with Crippen LogP contribution in [0.4, 0.5) is 5.69 Å². The second-order valence-electron chi connectivity index (χ2n) is 8.41. The van der Waals surface area contributed by atoms with Crippen LogP contribution in [0.2, 0.25) is 0 Å². The summed E-state index contributed by atoms with van der Waals surface area (Å²) in [4.78, 5) is 17.3. The van der Waals surface area contributed by atoms with Crippen molar-refractivity contribution in [2.24, 2.45) is 5.92 Å². The average Bonchev–Trinajstić information content (AvgIpc) is 3.47. The van der Waals surface area contributed by atoms with Gasteiger partial charge < -0.3 is 9.80 Å². The van der Waals surface area contributed by atoms with E-state index in [4.69, 9.17) is 0 Å². The Morgan fingerprint density at radius 3 is 2.87 bits per heavy atom. The van der Waals surface area contributed by atoms with Crippen molar-refractivity contribution in [3.63, 3.8) is 0 Å². The highest BCUT2D eigenvalue weighted by atomic mass is 16.2. The van der Waals surface area contributed by atoms with E-state index < -0.39 is 0 Å². The van der Waals surface area contributed by atoms with E-state index >= 15 is 0 Å². The molecular weight excluding hydrogens is 374 g/mol. The lowest BCUT2D eigenvalue weighted by Crippen LogP contribution is -2.36. The molecule has 3 aromatic rings. The van der Waals surface area contributed by atoms with Gasteiger partial charge in [-0.2, -0.15) is 15.4 Å². The molecular formula is C24H27N5O. The first-order valence-corrected chi connectivity index (χ1v) is 10.8. The first-order valence-electron chi connectivity index (χ1n) is 10.8. The first kappa shape index (κ1) is 18.9. The number of aryl methyl sites for hydroxylation is 1. The first-order chi connectivity index (χ1) is 14.8. The fraction of sp³-hybridized carbons (Fsp3) is 0.375. The number of amides is 1. The molecule has 30 heavy (non-hydrogen) atoms. The molecule has 0 spiro atoms. The quantitative estimate of drug-likeness (QED) is 0.712. The number of H-pyrrole nitrogens is 1. The number of carbonyl (C=O) groups excluding carboxylic acids is 1. The zero-order valence-corrected chi connectivity index (χ0v) is 17.1. The van der Waals surface area contributed by atoms with Crippen molar-refractivity contribution in [3.8, 4) is 11.3 Å². The second-order valence-corrected chi connectivity index (χ2v) is 8.41. The second kappa shape index (κ2) is 8.30. The van der Waals surface area contributed by atoms with Crippen LogP contribution in [0.25, 0.3) is 11.3 Å². The zero-order chi connectivity index (χ0) is 20.3. The summed E-state index contributed by atoms with van der Waals surface area (Å²) in [5, 5.41) is 10.8. The molecule has 1 unspecified atom stereocenters. The van der Waals surface area contributed by atoms with Gasteiger partial charge in [0, 0.05) is 37.4 Å². The highest BCUT2D eigenvalue weighted by molar-refractivity contribution is 5.79. The van der Waals surface area contributed by atoms with Gasteiger partial charge in [-0.05, 0) is 48.4 Å². The third-order valence-electron chi connectivity index (χ3n) is 6.32. The number of hydrogen-bond acceptors (Lipinski definition) is 4. The van der Waals surface area contributed by atoms with Crippen LogP contribution in [0.1, 0.15) is 24.0 Å². The number of aromatic nitrogens is 3. The summed E-state index contributed by atoms with van der Waals surface area (Å²) in [7, 11) is 0. The lowest BCUT2D eigenvalue weighted by Gasteiger charge is -2.33. The van der Waals surface area contributed by atoms with Crippen LogP contribution < -0.4 is 4.90 Å². The molecule has 1 atom stereocenters. The molecule has 5 rings (SSSR count). The van der Waals surface area contributed by atoms with Gasteiger partial charge in [0.25, 0.3) is 0 Å². The van der Waals surface area contributed by atoms with Crippen LogP contribution >= 0.6 is 0 Å². The highest BCUT2D eigenvalue weighted by Gasteiger charge is 2.29. The van der Waals surface area contributed by atoms with Crippen molar-refractivity contribution >= 4 is 11.6 Å². The van der Waals surface area contributed by atoms with Crippen LogP contribution in [-0.4, -0.2) is 52.4 Å².